The maximum absolute atomic E-state index is 13.0. The van der Waals surface area contributed by atoms with Crippen molar-refractivity contribution in [3.05, 3.63) is 71.1 Å². The first kappa shape index (κ1) is 21.8. The van der Waals surface area contributed by atoms with E-state index in [9.17, 15) is 9.59 Å². The fourth-order valence-electron chi connectivity index (χ4n) is 3.54. The summed E-state index contributed by atoms with van der Waals surface area (Å²) in [5.41, 5.74) is 0. The van der Waals surface area contributed by atoms with Gasteiger partial charge < -0.3 is 9.47 Å². The van der Waals surface area contributed by atoms with Gasteiger partial charge in [-0.1, -0.05) is 97.2 Å². The molecule has 0 radical (unpaired) electrons. The number of benzene rings is 2. The molecule has 0 heterocycles. The van der Waals surface area contributed by atoms with Gasteiger partial charge in [-0.25, -0.2) is 9.59 Å². The first-order valence-corrected chi connectivity index (χ1v) is 15.2. The van der Waals surface area contributed by atoms with Crippen LogP contribution in [-0.2, 0) is 19.1 Å². The lowest BCUT2D eigenvalue weighted by atomic mass is 10.4. The van der Waals surface area contributed by atoms with Crippen molar-refractivity contribution >= 4 is 38.5 Å². The van der Waals surface area contributed by atoms with Gasteiger partial charge in [0.1, 0.15) is 16.1 Å². The Hall–Kier alpha value is -2.45. The van der Waals surface area contributed by atoms with Gasteiger partial charge in [0, 0.05) is 10.4 Å². The van der Waals surface area contributed by atoms with Crippen LogP contribution >= 0.6 is 0 Å². The summed E-state index contributed by atoms with van der Waals surface area (Å²) < 4.78 is 10.4. The second-order valence-corrected chi connectivity index (χ2v) is 16.4. The fraction of sp³-hybridized carbons (Fsp3) is 0.273. The van der Waals surface area contributed by atoms with Gasteiger partial charge in [-0.05, 0) is 0 Å². The summed E-state index contributed by atoms with van der Waals surface area (Å²) in [6.45, 7) is 8.31. The lowest BCUT2D eigenvalue weighted by Gasteiger charge is -2.33. The number of carbonyl (C=O) groups is 2. The molecule has 0 atom stereocenters. The minimum atomic E-state index is -2.54. The van der Waals surface area contributed by atoms with Crippen LogP contribution in [-0.4, -0.2) is 42.3 Å². The quantitative estimate of drug-likeness (QED) is 0.416. The Morgan fingerprint density at radius 1 is 0.607 bits per heavy atom. The SMILES string of the molecule is COC(=O)/C(=C(/C(=O)OC)[Si](C)(C)c1ccccc1)[Si](C)(C)c1ccccc1. The van der Waals surface area contributed by atoms with E-state index in [1.165, 1.54) is 14.2 Å². The van der Waals surface area contributed by atoms with E-state index in [-0.39, 0.29) is 0 Å². The Morgan fingerprint density at radius 3 is 1.14 bits per heavy atom. The Labute approximate surface area is 169 Å². The standard InChI is InChI=1S/C22H28O4Si2/c1-25-21(23)19(27(3,4)17-13-9-7-10-14-17)20(22(24)26-2)28(5,6)18-15-11-8-12-16-18/h7-16H,1-6H3/b20-19+. The van der Waals surface area contributed by atoms with Gasteiger partial charge in [0.25, 0.3) is 0 Å². The third kappa shape index (κ3) is 4.18. The largest absolute Gasteiger partial charge is 0.466 e. The molecule has 0 saturated carbocycles. The van der Waals surface area contributed by atoms with Gasteiger partial charge in [0.05, 0.1) is 14.2 Å². The summed E-state index contributed by atoms with van der Waals surface area (Å²) in [5.74, 6) is -0.894. The zero-order valence-corrected chi connectivity index (χ0v) is 19.4. The molecule has 2 rings (SSSR count). The number of esters is 2. The zero-order valence-electron chi connectivity index (χ0n) is 17.4. The van der Waals surface area contributed by atoms with Crippen LogP contribution in [0.15, 0.2) is 71.1 Å². The summed E-state index contributed by atoms with van der Waals surface area (Å²) in [7, 11) is -2.35. The summed E-state index contributed by atoms with van der Waals surface area (Å²) >= 11 is 0. The Morgan fingerprint density at radius 2 is 0.893 bits per heavy atom. The van der Waals surface area contributed by atoms with Crippen LogP contribution in [0.4, 0.5) is 0 Å². The van der Waals surface area contributed by atoms with E-state index in [2.05, 4.69) is 26.2 Å². The molecular formula is C22H28O4Si2. The van der Waals surface area contributed by atoms with Crippen LogP contribution in [0.1, 0.15) is 0 Å². The average Bonchev–Trinajstić information content (AvgIpc) is 2.71. The number of hydrogen-bond acceptors (Lipinski definition) is 4. The summed E-state index contributed by atoms with van der Waals surface area (Å²) in [6.07, 6.45) is 0. The zero-order chi connectivity index (χ0) is 20.9. The molecule has 0 fully saturated rings. The van der Waals surface area contributed by atoms with E-state index in [0.29, 0.717) is 10.4 Å². The third-order valence-corrected chi connectivity index (χ3v) is 12.5. The van der Waals surface area contributed by atoms with Gasteiger partial charge in [0.2, 0.25) is 0 Å². The van der Waals surface area contributed by atoms with Crippen molar-refractivity contribution in [2.75, 3.05) is 14.2 Å². The lowest BCUT2D eigenvalue weighted by Crippen LogP contribution is -2.54. The molecule has 0 aromatic heterocycles. The number of ether oxygens (including phenoxy) is 2. The molecule has 0 bridgehead atoms. The van der Waals surface area contributed by atoms with Crippen molar-refractivity contribution in [3.63, 3.8) is 0 Å². The van der Waals surface area contributed by atoms with E-state index >= 15 is 0 Å². The molecule has 0 aliphatic heterocycles. The van der Waals surface area contributed by atoms with Gasteiger partial charge in [-0.15, -0.1) is 0 Å². The van der Waals surface area contributed by atoms with Crippen molar-refractivity contribution in [3.8, 4) is 0 Å². The lowest BCUT2D eigenvalue weighted by molar-refractivity contribution is -0.138. The minimum Gasteiger partial charge on any atom is -0.466 e. The maximum atomic E-state index is 13.0. The van der Waals surface area contributed by atoms with E-state index in [1.54, 1.807) is 0 Å². The second kappa shape index (κ2) is 8.71. The van der Waals surface area contributed by atoms with E-state index in [0.717, 1.165) is 10.4 Å². The number of rotatable bonds is 6. The van der Waals surface area contributed by atoms with Crippen LogP contribution in [0, 0.1) is 0 Å². The van der Waals surface area contributed by atoms with Crippen LogP contribution in [0.2, 0.25) is 26.2 Å². The predicted octanol–water partition coefficient (Wildman–Crippen LogP) is 2.94. The highest BCUT2D eigenvalue weighted by atomic mass is 28.3. The number of carbonyl (C=O) groups excluding carboxylic acids is 2. The van der Waals surface area contributed by atoms with Gasteiger partial charge >= 0.3 is 11.9 Å². The summed E-state index contributed by atoms with van der Waals surface area (Å²) in [4.78, 5) is 26.1. The molecule has 0 unspecified atom stereocenters. The van der Waals surface area contributed by atoms with Gasteiger partial charge in [0.15, 0.2) is 0 Å². The van der Waals surface area contributed by atoms with Crippen molar-refractivity contribution in [1.82, 2.24) is 0 Å². The highest BCUT2D eigenvalue weighted by molar-refractivity contribution is 7.05. The molecule has 28 heavy (non-hydrogen) atoms. The predicted molar refractivity (Wildman–Crippen MR) is 118 cm³/mol. The minimum absolute atomic E-state index is 0.447. The molecule has 4 nitrogen and oxygen atoms in total. The molecule has 0 amide bonds. The van der Waals surface area contributed by atoms with E-state index < -0.39 is 28.1 Å². The smallest absolute Gasteiger partial charge is 0.330 e. The van der Waals surface area contributed by atoms with E-state index in [4.69, 9.17) is 9.47 Å². The fourth-order valence-corrected chi connectivity index (χ4v) is 10.7. The molecule has 0 aliphatic carbocycles. The molecule has 148 valence electrons. The Kier molecular flexibility index (Phi) is 6.79. The van der Waals surface area contributed by atoms with Crippen LogP contribution in [0.25, 0.3) is 0 Å². The van der Waals surface area contributed by atoms with Crippen LogP contribution in [0.3, 0.4) is 0 Å². The van der Waals surface area contributed by atoms with Crippen LogP contribution < -0.4 is 10.4 Å². The first-order chi connectivity index (χ1) is 13.2. The van der Waals surface area contributed by atoms with Gasteiger partial charge in [-0.2, -0.15) is 0 Å². The molecule has 2 aromatic carbocycles. The third-order valence-electron chi connectivity index (χ3n) is 5.27. The summed E-state index contributed by atoms with van der Waals surface area (Å²) in [5, 5.41) is 3.12. The highest BCUT2D eigenvalue weighted by Gasteiger charge is 2.45. The number of methoxy groups -OCH3 is 2. The Bertz CT molecular complexity index is 798. The van der Waals surface area contributed by atoms with Gasteiger partial charge in [-0.3, -0.25) is 0 Å². The normalized spacial score (nSPS) is 12.8. The first-order valence-electron chi connectivity index (χ1n) is 9.20. The molecular weight excluding hydrogens is 384 g/mol. The molecule has 6 heteroatoms. The topological polar surface area (TPSA) is 52.6 Å². The highest BCUT2D eigenvalue weighted by Crippen LogP contribution is 2.28. The second-order valence-electron chi connectivity index (χ2n) is 7.72. The van der Waals surface area contributed by atoms with Crippen molar-refractivity contribution < 1.29 is 19.1 Å². The van der Waals surface area contributed by atoms with Crippen LogP contribution in [0.5, 0.6) is 0 Å². The number of hydrogen-bond donors (Lipinski definition) is 0. The Balaban J connectivity index is 2.88. The van der Waals surface area contributed by atoms with Crippen molar-refractivity contribution in [2.24, 2.45) is 0 Å². The average molecular weight is 413 g/mol. The summed E-state index contributed by atoms with van der Waals surface area (Å²) in [6, 6.07) is 19.8. The monoisotopic (exact) mass is 412 g/mol. The maximum Gasteiger partial charge on any atom is 0.330 e. The molecule has 0 N–H and O–H groups in total. The molecule has 0 spiro atoms. The molecule has 2 aromatic rings. The molecule has 0 saturated heterocycles. The molecule has 0 aliphatic rings. The van der Waals surface area contributed by atoms with E-state index in [1.807, 2.05) is 60.7 Å². The van der Waals surface area contributed by atoms with Crippen molar-refractivity contribution in [2.45, 2.75) is 26.2 Å². The van der Waals surface area contributed by atoms with Crippen molar-refractivity contribution in [1.29, 1.82) is 0 Å².